The lowest BCUT2D eigenvalue weighted by Gasteiger charge is -2.15. The standard InChI is InChI=1S/C13H12F4N2O2/c1-19-11(20)5-10(12(19)21)18-6-7-2-3-8(14)4-9(7)13(15,16)17/h2-4,10,18H,5-6H2,1H3. The number of carbonyl (C=O) groups is 2. The van der Waals surface area contributed by atoms with Crippen LogP contribution in [0.5, 0.6) is 0 Å². The van der Waals surface area contributed by atoms with Crippen molar-refractivity contribution in [2.45, 2.75) is 25.2 Å². The molecule has 1 N–H and O–H groups in total. The summed E-state index contributed by atoms with van der Waals surface area (Å²) < 4.78 is 51.4. The highest BCUT2D eigenvalue weighted by Gasteiger charge is 2.37. The van der Waals surface area contributed by atoms with Crippen molar-refractivity contribution in [3.63, 3.8) is 0 Å². The topological polar surface area (TPSA) is 49.4 Å². The Morgan fingerprint density at radius 1 is 1.33 bits per heavy atom. The maximum absolute atomic E-state index is 13.0. The minimum atomic E-state index is -4.69. The van der Waals surface area contributed by atoms with Crippen molar-refractivity contribution >= 4 is 11.8 Å². The molecular weight excluding hydrogens is 292 g/mol. The zero-order valence-corrected chi connectivity index (χ0v) is 11.0. The van der Waals surface area contributed by atoms with Crippen LogP contribution in [0.4, 0.5) is 17.6 Å². The molecule has 1 aliphatic rings. The van der Waals surface area contributed by atoms with Gasteiger partial charge in [-0.05, 0) is 17.7 Å². The molecule has 2 rings (SSSR count). The Morgan fingerprint density at radius 2 is 2.00 bits per heavy atom. The molecule has 8 heteroatoms. The molecule has 0 aliphatic carbocycles. The van der Waals surface area contributed by atoms with Crippen LogP contribution in [0.25, 0.3) is 0 Å². The second kappa shape index (κ2) is 5.44. The Kier molecular flexibility index (Phi) is 3.99. The third-order valence-corrected chi connectivity index (χ3v) is 3.30. The van der Waals surface area contributed by atoms with E-state index < -0.39 is 35.4 Å². The van der Waals surface area contributed by atoms with Gasteiger partial charge in [-0.3, -0.25) is 14.5 Å². The number of benzene rings is 1. The van der Waals surface area contributed by atoms with Crippen molar-refractivity contribution in [2.24, 2.45) is 0 Å². The predicted octanol–water partition coefficient (Wildman–Crippen LogP) is 1.69. The monoisotopic (exact) mass is 304 g/mol. The molecule has 114 valence electrons. The van der Waals surface area contributed by atoms with Crippen LogP contribution in [0.3, 0.4) is 0 Å². The molecule has 2 amide bonds. The molecule has 21 heavy (non-hydrogen) atoms. The van der Waals surface area contributed by atoms with E-state index in [4.69, 9.17) is 0 Å². The molecule has 1 aromatic rings. The summed E-state index contributed by atoms with van der Waals surface area (Å²) in [5.74, 6) is -1.87. The first-order valence-electron chi connectivity index (χ1n) is 6.09. The van der Waals surface area contributed by atoms with Crippen molar-refractivity contribution in [1.29, 1.82) is 0 Å². The van der Waals surface area contributed by atoms with E-state index in [2.05, 4.69) is 5.32 Å². The van der Waals surface area contributed by atoms with Crippen LogP contribution >= 0.6 is 0 Å². The molecule has 4 nitrogen and oxygen atoms in total. The Hall–Kier alpha value is -1.96. The molecule has 0 bridgehead atoms. The fourth-order valence-electron chi connectivity index (χ4n) is 2.11. The van der Waals surface area contributed by atoms with Gasteiger partial charge in [0.2, 0.25) is 11.8 Å². The zero-order valence-electron chi connectivity index (χ0n) is 11.0. The maximum Gasteiger partial charge on any atom is 0.416 e. The van der Waals surface area contributed by atoms with Crippen molar-refractivity contribution < 1.29 is 27.2 Å². The van der Waals surface area contributed by atoms with E-state index in [-0.39, 0.29) is 18.5 Å². The van der Waals surface area contributed by atoms with Crippen molar-refractivity contribution in [3.8, 4) is 0 Å². The summed E-state index contributed by atoms with van der Waals surface area (Å²) in [6.45, 7) is -0.285. The Labute approximate surface area is 117 Å². The third kappa shape index (κ3) is 3.21. The predicted molar refractivity (Wildman–Crippen MR) is 64.4 cm³/mol. The number of likely N-dealkylation sites (tertiary alicyclic amines) is 1. The van der Waals surface area contributed by atoms with Gasteiger partial charge >= 0.3 is 6.18 Å². The minimum absolute atomic E-state index is 0.0993. The van der Waals surface area contributed by atoms with Gasteiger partial charge in [-0.2, -0.15) is 13.2 Å². The van der Waals surface area contributed by atoms with Crippen LogP contribution in [0.15, 0.2) is 18.2 Å². The molecule has 1 atom stereocenters. The summed E-state index contributed by atoms with van der Waals surface area (Å²) in [5.41, 5.74) is -1.28. The van der Waals surface area contributed by atoms with E-state index in [0.29, 0.717) is 6.07 Å². The second-order valence-corrected chi connectivity index (χ2v) is 4.73. The molecule has 1 aromatic carbocycles. The summed E-state index contributed by atoms with van der Waals surface area (Å²) in [7, 11) is 1.31. The third-order valence-electron chi connectivity index (χ3n) is 3.30. The molecule has 0 aromatic heterocycles. The van der Waals surface area contributed by atoms with Gasteiger partial charge in [-0.1, -0.05) is 6.07 Å². The first-order chi connectivity index (χ1) is 9.70. The SMILES string of the molecule is CN1C(=O)CC(NCc2ccc(F)cc2C(F)(F)F)C1=O. The maximum atomic E-state index is 13.0. The Balaban J connectivity index is 2.14. The number of amides is 2. The smallest absolute Gasteiger partial charge is 0.301 e. The summed E-state index contributed by atoms with van der Waals surface area (Å²) in [4.78, 5) is 23.9. The van der Waals surface area contributed by atoms with Gasteiger partial charge in [0.1, 0.15) is 5.82 Å². The van der Waals surface area contributed by atoms with Gasteiger partial charge in [-0.25, -0.2) is 4.39 Å². The normalized spacial score (nSPS) is 19.5. The van der Waals surface area contributed by atoms with Crippen molar-refractivity contribution in [1.82, 2.24) is 10.2 Å². The van der Waals surface area contributed by atoms with E-state index in [0.717, 1.165) is 17.0 Å². The number of hydrogen-bond acceptors (Lipinski definition) is 3. The molecule has 1 fully saturated rings. The van der Waals surface area contributed by atoms with Gasteiger partial charge in [0.15, 0.2) is 0 Å². The Morgan fingerprint density at radius 3 is 2.52 bits per heavy atom. The van der Waals surface area contributed by atoms with E-state index in [9.17, 15) is 27.2 Å². The van der Waals surface area contributed by atoms with Crippen molar-refractivity contribution in [3.05, 3.63) is 35.1 Å². The highest BCUT2D eigenvalue weighted by atomic mass is 19.4. The zero-order chi connectivity index (χ0) is 15.8. The molecule has 1 heterocycles. The molecule has 0 spiro atoms. The number of nitrogens with zero attached hydrogens (tertiary/aromatic N) is 1. The Bertz CT molecular complexity index is 586. The van der Waals surface area contributed by atoms with Crippen LogP contribution in [-0.4, -0.2) is 29.8 Å². The van der Waals surface area contributed by atoms with Gasteiger partial charge in [-0.15, -0.1) is 0 Å². The second-order valence-electron chi connectivity index (χ2n) is 4.73. The van der Waals surface area contributed by atoms with Crippen LogP contribution in [-0.2, 0) is 22.3 Å². The average molecular weight is 304 g/mol. The molecule has 0 saturated carbocycles. The number of carbonyl (C=O) groups excluding carboxylic acids is 2. The lowest BCUT2D eigenvalue weighted by Crippen LogP contribution is -2.37. The average Bonchev–Trinajstić information content (AvgIpc) is 2.64. The summed E-state index contributed by atoms with van der Waals surface area (Å²) in [5, 5.41) is 2.61. The lowest BCUT2D eigenvalue weighted by atomic mass is 10.1. The van der Waals surface area contributed by atoms with Gasteiger partial charge in [0, 0.05) is 13.6 Å². The van der Waals surface area contributed by atoms with Gasteiger partial charge in [0.25, 0.3) is 0 Å². The molecular formula is C13H12F4N2O2. The summed E-state index contributed by atoms with van der Waals surface area (Å²) in [6, 6.07) is 1.48. The van der Waals surface area contributed by atoms with E-state index in [1.54, 1.807) is 0 Å². The number of halogens is 4. The van der Waals surface area contributed by atoms with Crippen LogP contribution in [0, 0.1) is 5.82 Å². The fraction of sp³-hybridized carbons (Fsp3) is 0.385. The highest BCUT2D eigenvalue weighted by Crippen LogP contribution is 2.32. The van der Waals surface area contributed by atoms with Crippen LogP contribution < -0.4 is 5.32 Å². The van der Waals surface area contributed by atoms with Crippen LogP contribution in [0.1, 0.15) is 17.5 Å². The van der Waals surface area contributed by atoms with Gasteiger partial charge in [0.05, 0.1) is 18.0 Å². The number of likely N-dealkylation sites (N-methyl/N-ethyl adjacent to an activating group) is 1. The minimum Gasteiger partial charge on any atom is -0.301 e. The van der Waals surface area contributed by atoms with E-state index >= 15 is 0 Å². The summed E-state index contributed by atoms with van der Waals surface area (Å²) >= 11 is 0. The molecule has 1 unspecified atom stereocenters. The highest BCUT2D eigenvalue weighted by molar-refractivity contribution is 6.05. The fourth-order valence-corrected chi connectivity index (χ4v) is 2.11. The first-order valence-corrected chi connectivity index (χ1v) is 6.09. The van der Waals surface area contributed by atoms with Crippen LogP contribution in [0.2, 0.25) is 0 Å². The quantitative estimate of drug-likeness (QED) is 0.683. The summed E-state index contributed by atoms with van der Waals surface area (Å²) in [6.07, 6.45) is -4.79. The largest absolute Gasteiger partial charge is 0.416 e. The van der Waals surface area contributed by atoms with Crippen molar-refractivity contribution in [2.75, 3.05) is 7.05 Å². The van der Waals surface area contributed by atoms with E-state index in [1.165, 1.54) is 7.05 Å². The number of nitrogens with one attached hydrogen (secondary N) is 1. The number of alkyl halides is 3. The first kappa shape index (κ1) is 15.4. The molecule has 1 saturated heterocycles. The van der Waals surface area contributed by atoms with E-state index in [1.807, 2.05) is 0 Å². The van der Waals surface area contributed by atoms with Gasteiger partial charge < -0.3 is 5.32 Å². The lowest BCUT2D eigenvalue weighted by molar-refractivity contribution is -0.138. The molecule has 0 radical (unpaired) electrons. The number of rotatable bonds is 3. The number of imide groups is 1. The number of hydrogen-bond donors (Lipinski definition) is 1. The molecule has 1 aliphatic heterocycles.